The molecule has 4 rings (SSSR count). The number of nitrogens with one attached hydrogen (secondary N) is 2. The number of aromatic nitrogens is 2. The number of aryl methyl sites for hydroxylation is 1. The molecule has 0 aliphatic carbocycles. The monoisotopic (exact) mass is 566 g/mol. The molecule has 0 spiro atoms. The van der Waals surface area contributed by atoms with Gasteiger partial charge in [0.2, 0.25) is 0 Å². The molecule has 1 unspecified atom stereocenters. The Labute approximate surface area is 230 Å². The van der Waals surface area contributed by atoms with Crippen molar-refractivity contribution < 1.29 is 27.1 Å². The molecule has 0 radical (unpaired) electrons. The lowest BCUT2D eigenvalue weighted by atomic mass is 10.2. The Bertz CT molecular complexity index is 1760. The minimum Gasteiger partial charge on any atom is -0.449 e. The van der Waals surface area contributed by atoms with Crippen molar-refractivity contribution in [3.8, 4) is 5.69 Å². The fourth-order valence-corrected chi connectivity index (χ4v) is 5.39. The second-order valence-corrected chi connectivity index (χ2v) is 10.7. The Balaban J connectivity index is 1.52. The summed E-state index contributed by atoms with van der Waals surface area (Å²) < 4.78 is 50.0. The zero-order valence-corrected chi connectivity index (χ0v) is 23.0. The van der Waals surface area contributed by atoms with E-state index in [1.165, 1.54) is 42.8 Å². The first-order chi connectivity index (χ1) is 18.9. The van der Waals surface area contributed by atoms with Gasteiger partial charge in [-0.2, -0.15) is 0 Å². The number of hydrogen-bond acceptors (Lipinski definition) is 6. The molecule has 12 heteroatoms. The lowest BCUT2D eigenvalue weighted by molar-refractivity contribution is -0.123. The topological polar surface area (TPSA) is 128 Å². The van der Waals surface area contributed by atoms with Crippen molar-refractivity contribution in [1.29, 1.82) is 0 Å². The minimum atomic E-state index is -4.18. The van der Waals surface area contributed by atoms with Crippen molar-refractivity contribution in [3.63, 3.8) is 0 Å². The average Bonchev–Trinajstić information content (AvgIpc) is 3.11. The van der Waals surface area contributed by atoms with E-state index in [0.29, 0.717) is 11.4 Å². The van der Waals surface area contributed by atoms with E-state index in [9.17, 15) is 27.2 Å². The Morgan fingerprint density at radius 1 is 0.975 bits per heavy atom. The molecule has 1 atom stereocenters. The number of carbonyl (C=O) groups is 2. The standard InChI is InChI=1S/C28H27FN4O6S/c1-17-16-20(29)14-15-24(17)40(37,38)31-23-13-9-8-12-22(23)28(36)39-19(3)26(34)30-25-18(2)32(4)33(27(25)35)21-10-6-5-7-11-21/h5-16,19,31H,1-4H3,(H,30,34). The number of carbonyl (C=O) groups excluding carboxylic acids is 2. The molecule has 1 amide bonds. The fourth-order valence-electron chi connectivity index (χ4n) is 4.08. The first-order valence-corrected chi connectivity index (χ1v) is 13.6. The molecular formula is C28H27FN4O6S. The van der Waals surface area contributed by atoms with Gasteiger partial charge in [0.05, 0.1) is 27.5 Å². The third-order valence-corrected chi connectivity index (χ3v) is 7.80. The average molecular weight is 567 g/mol. The Morgan fingerprint density at radius 2 is 1.62 bits per heavy atom. The van der Waals surface area contributed by atoms with E-state index in [1.54, 1.807) is 42.9 Å². The first-order valence-electron chi connectivity index (χ1n) is 12.1. The van der Waals surface area contributed by atoms with Crippen molar-refractivity contribution in [3.05, 3.63) is 106 Å². The van der Waals surface area contributed by atoms with Crippen molar-refractivity contribution in [2.24, 2.45) is 7.05 Å². The molecule has 2 N–H and O–H groups in total. The summed E-state index contributed by atoms with van der Waals surface area (Å²) in [6.07, 6.45) is -1.33. The number of sulfonamides is 1. The molecule has 208 valence electrons. The summed E-state index contributed by atoms with van der Waals surface area (Å²) in [6, 6.07) is 17.8. The number of benzene rings is 3. The second-order valence-electron chi connectivity index (χ2n) is 9.03. The summed E-state index contributed by atoms with van der Waals surface area (Å²) in [5, 5.41) is 2.54. The van der Waals surface area contributed by atoms with Gasteiger partial charge in [-0.1, -0.05) is 30.3 Å². The molecule has 0 bridgehead atoms. The molecule has 40 heavy (non-hydrogen) atoms. The number of esters is 1. The van der Waals surface area contributed by atoms with Crippen LogP contribution in [0.4, 0.5) is 15.8 Å². The zero-order valence-electron chi connectivity index (χ0n) is 22.1. The Kier molecular flexibility index (Phi) is 7.91. The van der Waals surface area contributed by atoms with Crippen LogP contribution in [0.15, 0.2) is 82.5 Å². The van der Waals surface area contributed by atoms with Gasteiger partial charge in [0.15, 0.2) is 6.10 Å². The molecule has 3 aromatic carbocycles. The molecule has 0 fully saturated rings. The van der Waals surface area contributed by atoms with Crippen LogP contribution in [0.1, 0.15) is 28.5 Å². The summed E-state index contributed by atoms with van der Waals surface area (Å²) in [5.74, 6) is -2.31. The van der Waals surface area contributed by atoms with Gasteiger partial charge in [-0.05, 0) is 68.8 Å². The van der Waals surface area contributed by atoms with Gasteiger partial charge in [-0.25, -0.2) is 22.3 Å². The number of amides is 1. The minimum absolute atomic E-state index is 0.0297. The summed E-state index contributed by atoms with van der Waals surface area (Å²) in [5.41, 5.74) is 0.599. The number of rotatable bonds is 8. The van der Waals surface area contributed by atoms with Gasteiger partial charge in [0.25, 0.3) is 21.5 Å². The second kappa shape index (κ2) is 11.2. The number of anilines is 2. The quantitative estimate of drug-likeness (QED) is 0.311. The van der Waals surface area contributed by atoms with E-state index in [4.69, 9.17) is 4.74 Å². The first kappa shape index (κ1) is 28.3. The highest BCUT2D eigenvalue weighted by atomic mass is 32.2. The molecule has 1 aromatic heterocycles. The highest BCUT2D eigenvalue weighted by Crippen LogP contribution is 2.24. The number of para-hydroxylation sites is 2. The fraction of sp³-hybridized carbons (Fsp3) is 0.179. The predicted molar refractivity (Wildman–Crippen MR) is 148 cm³/mol. The van der Waals surface area contributed by atoms with Gasteiger partial charge in [0, 0.05) is 7.05 Å². The van der Waals surface area contributed by atoms with Crippen molar-refractivity contribution in [2.45, 2.75) is 31.8 Å². The zero-order chi connectivity index (χ0) is 29.2. The van der Waals surface area contributed by atoms with Gasteiger partial charge in [-0.15, -0.1) is 0 Å². The van der Waals surface area contributed by atoms with Crippen LogP contribution in [0.25, 0.3) is 5.69 Å². The SMILES string of the molecule is Cc1cc(F)ccc1S(=O)(=O)Nc1ccccc1C(=O)OC(C)C(=O)Nc1c(C)n(C)n(-c2ccccc2)c1=O. The van der Waals surface area contributed by atoms with Crippen molar-refractivity contribution >= 4 is 33.3 Å². The van der Waals surface area contributed by atoms with Crippen LogP contribution in [-0.4, -0.2) is 35.8 Å². The molecule has 4 aromatic rings. The maximum atomic E-state index is 13.5. The van der Waals surface area contributed by atoms with E-state index < -0.39 is 39.4 Å². The van der Waals surface area contributed by atoms with Crippen LogP contribution >= 0.6 is 0 Å². The van der Waals surface area contributed by atoms with E-state index in [-0.39, 0.29) is 27.4 Å². The largest absolute Gasteiger partial charge is 0.449 e. The van der Waals surface area contributed by atoms with Crippen molar-refractivity contribution in [1.82, 2.24) is 9.36 Å². The highest BCUT2D eigenvalue weighted by molar-refractivity contribution is 7.92. The number of nitrogens with zero attached hydrogens (tertiary/aromatic N) is 2. The maximum Gasteiger partial charge on any atom is 0.341 e. The van der Waals surface area contributed by atoms with Crippen LogP contribution in [-0.2, 0) is 26.6 Å². The summed E-state index contributed by atoms with van der Waals surface area (Å²) in [4.78, 5) is 38.8. The van der Waals surface area contributed by atoms with Crippen LogP contribution < -0.4 is 15.6 Å². The normalized spacial score (nSPS) is 12.0. The Hall–Kier alpha value is -4.71. The number of hydrogen-bond donors (Lipinski definition) is 2. The molecule has 0 saturated heterocycles. The lowest BCUT2D eigenvalue weighted by Gasteiger charge is -2.16. The number of halogens is 1. The molecule has 0 aliphatic rings. The van der Waals surface area contributed by atoms with E-state index in [1.807, 2.05) is 6.07 Å². The van der Waals surface area contributed by atoms with Gasteiger partial charge in [-0.3, -0.25) is 19.0 Å². The molecule has 1 heterocycles. The molecule has 0 saturated carbocycles. The summed E-state index contributed by atoms with van der Waals surface area (Å²) >= 11 is 0. The smallest absolute Gasteiger partial charge is 0.341 e. The van der Waals surface area contributed by atoms with E-state index in [2.05, 4.69) is 10.0 Å². The third-order valence-electron chi connectivity index (χ3n) is 6.27. The number of ether oxygens (including phenoxy) is 1. The summed E-state index contributed by atoms with van der Waals surface area (Å²) in [7, 11) is -2.50. The van der Waals surface area contributed by atoms with E-state index >= 15 is 0 Å². The third kappa shape index (κ3) is 5.66. The van der Waals surface area contributed by atoms with Crippen LogP contribution in [0.2, 0.25) is 0 Å². The van der Waals surface area contributed by atoms with Crippen LogP contribution in [0.5, 0.6) is 0 Å². The van der Waals surface area contributed by atoms with Gasteiger partial charge in [0.1, 0.15) is 11.5 Å². The van der Waals surface area contributed by atoms with Crippen LogP contribution in [0.3, 0.4) is 0 Å². The van der Waals surface area contributed by atoms with Crippen LogP contribution in [0, 0.1) is 19.7 Å². The predicted octanol–water partition coefficient (Wildman–Crippen LogP) is 3.92. The Morgan fingerprint density at radius 3 is 2.30 bits per heavy atom. The highest BCUT2D eigenvalue weighted by Gasteiger charge is 2.26. The maximum absolute atomic E-state index is 13.5. The summed E-state index contributed by atoms with van der Waals surface area (Å²) in [6.45, 7) is 4.44. The van der Waals surface area contributed by atoms with E-state index in [0.717, 1.165) is 18.2 Å². The molecule has 0 aliphatic heterocycles. The lowest BCUT2D eigenvalue weighted by Crippen LogP contribution is -2.32. The van der Waals surface area contributed by atoms with Gasteiger partial charge >= 0.3 is 5.97 Å². The van der Waals surface area contributed by atoms with Crippen molar-refractivity contribution in [2.75, 3.05) is 10.0 Å². The molecular weight excluding hydrogens is 539 g/mol. The molecule has 10 nitrogen and oxygen atoms in total. The van der Waals surface area contributed by atoms with Gasteiger partial charge < -0.3 is 10.1 Å².